The van der Waals surface area contributed by atoms with E-state index in [4.69, 9.17) is 16.3 Å². The highest BCUT2D eigenvalue weighted by Gasteiger charge is 2.71. The highest BCUT2D eigenvalue weighted by molar-refractivity contribution is 6.32. The van der Waals surface area contributed by atoms with Gasteiger partial charge in [-0.2, -0.15) is 0 Å². The Kier molecular flexibility index (Phi) is 5.73. The third kappa shape index (κ3) is 3.50. The van der Waals surface area contributed by atoms with E-state index in [0.717, 1.165) is 5.56 Å². The van der Waals surface area contributed by atoms with Crippen LogP contribution in [0.1, 0.15) is 48.1 Å². The largest absolute Gasteiger partial charge is 0.497 e. The number of methoxy groups -OCH3 is 1. The van der Waals surface area contributed by atoms with Gasteiger partial charge in [-0.1, -0.05) is 72.3 Å². The van der Waals surface area contributed by atoms with Gasteiger partial charge < -0.3 is 9.64 Å². The summed E-state index contributed by atoms with van der Waals surface area (Å²) in [5, 5.41) is 0.520. The third-order valence-corrected chi connectivity index (χ3v) is 8.85. The predicted octanol–water partition coefficient (Wildman–Crippen LogP) is 6.80. The maximum atomic E-state index is 14.7. The van der Waals surface area contributed by atoms with Crippen LogP contribution in [0.4, 0.5) is 10.1 Å². The van der Waals surface area contributed by atoms with Crippen LogP contribution >= 0.6 is 11.6 Å². The van der Waals surface area contributed by atoms with Gasteiger partial charge in [-0.05, 0) is 53.6 Å². The van der Waals surface area contributed by atoms with Crippen molar-refractivity contribution in [2.75, 3.05) is 12.0 Å². The van der Waals surface area contributed by atoms with Gasteiger partial charge in [0, 0.05) is 33.3 Å². The van der Waals surface area contributed by atoms with Crippen LogP contribution in [0, 0.1) is 11.2 Å². The molecule has 3 aliphatic rings. The molecular weight excluding hydrogens is 541 g/mol. The third-order valence-electron chi connectivity index (χ3n) is 8.62. The predicted molar refractivity (Wildman–Crippen MR) is 155 cm³/mol. The SMILES string of the molecule is COc1cccc(C(=O)[C@@H]2[C@H](c3ccc(F)cc3)C3(C(=O)c4ccccc4C3=O)[C@H]3C=Cc4cc(Cl)ccc4N23)c1. The quantitative estimate of drug-likeness (QED) is 0.202. The molecule has 7 rings (SSSR count). The van der Waals surface area contributed by atoms with Crippen LogP contribution in [0.3, 0.4) is 0 Å². The molecule has 7 heteroatoms. The van der Waals surface area contributed by atoms with Crippen molar-refractivity contribution in [3.05, 3.63) is 136 Å². The molecule has 0 unspecified atom stereocenters. The minimum absolute atomic E-state index is 0.284. The molecule has 0 radical (unpaired) electrons. The fourth-order valence-electron chi connectivity index (χ4n) is 6.94. The number of nitrogens with zero attached hydrogens (tertiary/aromatic N) is 1. The lowest BCUT2D eigenvalue weighted by Crippen LogP contribution is -2.48. The van der Waals surface area contributed by atoms with Crippen molar-refractivity contribution in [2.45, 2.75) is 18.0 Å². The van der Waals surface area contributed by atoms with Crippen molar-refractivity contribution in [3.8, 4) is 5.75 Å². The van der Waals surface area contributed by atoms with Crippen molar-refractivity contribution < 1.29 is 23.5 Å². The molecule has 41 heavy (non-hydrogen) atoms. The summed E-state index contributed by atoms with van der Waals surface area (Å²) in [6.07, 6.45) is 3.68. The number of anilines is 1. The molecule has 3 atom stereocenters. The van der Waals surface area contributed by atoms with Crippen LogP contribution in [0.2, 0.25) is 5.02 Å². The summed E-state index contributed by atoms with van der Waals surface area (Å²) in [5.74, 6) is -1.85. The van der Waals surface area contributed by atoms with Crippen LogP contribution < -0.4 is 9.64 Å². The average molecular weight is 564 g/mol. The van der Waals surface area contributed by atoms with Crippen LogP contribution in [-0.2, 0) is 0 Å². The van der Waals surface area contributed by atoms with Gasteiger partial charge in [0.05, 0.1) is 13.2 Å². The second-order valence-corrected chi connectivity index (χ2v) is 11.0. The number of fused-ring (bicyclic) bond motifs is 5. The number of benzene rings is 4. The lowest BCUT2D eigenvalue weighted by atomic mass is 9.64. The van der Waals surface area contributed by atoms with E-state index < -0.39 is 29.2 Å². The van der Waals surface area contributed by atoms with Crippen molar-refractivity contribution >= 4 is 40.7 Å². The second-order valence-electron chi connectivity index (χ2n) is 10.6. The normalized spacial score (nSPS) is 21.5. The van der Waals surface area contributed by atoms with E-state index in [1.54, 1.807) is 72.8 Å². The molecule has 5 nitrogen and oxygen atoms in total. The van der Waals surface area contributed by atoms with Gasteiger partial charge in [-0.3, -0.25) is 14.4 Å². The lowest BCUT2D eigenvalue weighted by Gasteiger charge is -2.37. The number of Topliss-reactive ketones (excluding diaryl/α,β-unsaturated/α-hetero) is 3. The Bertz CT molecular complexity index is 1760. The molecule has 0 amide bonds. The minimum Gasteiger partial charge on any atom is -0.497 e. The average Bonchev–Trinajstić information content (AvgIpc) is 3.43. The summed E-state index contributed by atoms with van der Waals surface area (Å²) in [6, 6.07) is 22.9. The van der Waals surface area contributed by atoms with Crippen LogP contribution in [-0.4, -0.2) is 36.5 Å². The zero-order valence-electron chi connectivity index (χ0n) is 21.9. The van der Waals surface area contributed by atoms with E-state index in [1.165, 1.54) is 19.2 Å². The zero-order chi connectivity index (χ0) is 28.5. The second kappa shape index (κ2) is 9.25. The molecule has 0 aromatic heterocycles. The number of ether oxygens (including phenoxy) is 1. The van der Waals surface area contributed by atoms with Gasteiger partial charge in [0.25, 0.3) is 0 Å². The van der Waals surface area contributed by atoms with E-state index in [9.17, 15) is 18.8 Å². The van der Waals surface area contributed by atoms with Crippen molar-refractivity contribution in [2.24, 2.45) is 5.41 Å². The summed E-state index contributed by atoms with van der Waals surface area (Å²) in [4.78, 5) is 45.8. The highest BCUT2D eigenvalue weighted by Crippen LogP contribution is 2.61. The molecule has 0 N–H and O–H groups in total. The smallest absolute Gasteiger partial charge is 0.186 e. The topological polar surface area (TPSA) is 63.7 Å². The Morgan fingerprint density at radius 2 is 1.61 bits per heavy atom. The van der Waals surface area contributed by atoms with Gasteiger partial charge in [-0.15, -0.1) is 0 Å². The van der Waals surface area contributed by atoms with E-state index in [1.807, 2.05) is 23.1 Å². The monoisotopic (exact) mass is 563 g/mol. The first-order valence-electron chi connectivity index (χ1n) is 13.2. The first kappa shape index (κ1) is 25.4. The van der Waals surface area contributed by atoms with Gasteiger partial charge in [-0.25, -0.2) is 4.39 Å². The van der Waals surface area contributed by atoms with Crippen LogP contribution in [0.5, 0.6) is 5.75 Å². The first-order chi connectivity index (χ1) is 19.9. The van der Waals surface area contributed by atoms with Gasteiger partial charge in [0.15, 0.2) is 17.3 Å². The zero-order valence-corrected chi connectivity index (χ0v) is 22.6. The lowest BCUT2D eigenvalue weighted by molar-refractivity contribution is 0.0666. The van der Waals surface area contributed by atoms with E-state index in [2.05, 4.69) is 0 Å². The Hall–Kier alpha value is -4.55. The summed E-state index contributed by atoms with van der Waals surface area (Å²) in [6.45, 7) is 0. The highest BCUT2D eigenvalue weighted by atomic mass is 35.5. The van der Waals surface area contributed by atoms with Crippen LogP contribution in [0.25, 0.3) is 6.08 Å². The fraction of sp³-hybridized carbons (Fsp3) is 0.147. The van der Waals surface area contributed by atoms with E-state index >= 15 is 0 Å². The molecule has 1 saturated heterocycles. The molecule has 1 aliphatic carbocycles. The van der Waals surface area contributed by atoms with Crippen molar-refractivity contribution in [1.29, 1.82) is 0 Å². The molecule has 1 spiro atoms. The summed E-state index contributed by atoms with van der Waals surface area (Å²) in [5.41, 5.74) is 1.35. The Morgan fingerprint density at radius 3 is 2.29 bits per heavy atom. The molecule has 4 aromatic rings. The molecule has 2 heterocycles. The van der Waals surface area contributed by atoms with Gasteiger partial charge >= 0.3 is 0 Å². The standard InChI is InChI=1S/C34H23ClFNO4/c1-41-24-6-4-5-21(18-24)31(38)30-29(19-9-13-23(36)14-10-19)34(32(39)25-7-2-3-8-26(25)33(34)40)28-16-11-20-17-22(35)12-15-27(20)37(28)30/h2-18,28-30H,1H3/t28-,29+,30+/m1/s1. The molecule has 0 saturated carbocycles. The van der Waals surface area contributed by atoms with Gasteiger partial charge in [0.1, 0.15) is 23.0 Å². The number of hydrogen-bond donors (Lipinski definition) is 0. The fourth-order valence-corrected chi connectivity index (χ4v) is 7.12. The minimum atomic E-state index is -1.66. The molecule has 2 aliphatic heterocycles. The number of halogens is 2. The maximum absolute atomic E-state index is 14.7. The van der Waals surface area contributed by atoms with E-state index in [0.29, 0.717) is 38.7 Å². The number of ketones is 3. The van der Waals surface area contributed by atoms with Crippen molar-refractivity contribution in [1.82, 2.24) is 0 Å². The Labute approximate surface area is 240 Å². The molecule has 0 bridgehead atoms. The molecule has 4 aromatic carbocycles. The number of carbonyl (C=O) groups is 3. The summed E-state index contributed by atoms with van der Waals surface area (Å²) < 4.78 is 19.6. The first-order valence-corrected chi connectivity index (χ1v) is 13.6. The molecular formula is C34H23ClFNO4. The molecule has 202 valence electrons. The Balaban J connectivity index is 1.54. The molecule has 1 fully saturated rings. The van der Waals surface area contributed by atoms with Crippen molar-refractivity contribution in [3.63, 3.8) is 0 Å². The number of carbonyl (C=O) groups excluding carboxylic acids is 3. The van der Waals surface area contributed by atoms with Gasteiger partial charge in [0.2, 0.25) is 0 Å². The Morgan fingerprint density at radius 1 is 0.902 bits per heavy atom. The number of hydrogen-bond acceptors (Lipinski definition) is 5. The maximum Gasteiger partial charge on any atom is 0.186 e. The number of rotatable bonds is 4. The van der Waals surface area contributed by atoms with Crippen LogP contribution in [0.15, 0.2) is 97.1 Å². The summed E-state index contributed by atoms with van der Waals surface area (Å²) >= 11 is 6.34. The van der Waals surface area contributed by atoms with E-state index in [-0.39, 0.29) is 17.3 Å². The summed E-state index contributed by atoms with van der Waals surface area (Å²) in [7, 11) is 1.52.